The van der Waals surface area contributed by atoms with Crippen LogP contribution in [0.5, 0.6) is 0 Å². The fourth-order valence-electron chi connectivity index (χ4n) is 9.39. The van der Waals surface area contributed by atoms with Crippen LogP contribution in [0.1, 0.15) is 107 Å². The first-order chi connectivity index (χ1) is 25.0. The fourth-order valence-corrected chi connectivity index (χ4v) is 9.39. The van der Waals surface area contributed by atoms with E-state index < -0.39 is 17.5 Å². The predicted molar refractivity (Wildman–Crippen MR) is 196 cm³/mol. The molecule has 2 bridgehead atoms. The maximum absolute atomic E-state index is 13.7. The highest BCUT2D eigenvalue weighted by atomic mass is 16.4. The third-order valence-electron chi connectivity index (χ3n) is 12.6. The smallest absolute Gasteiger partial charge is 0.309 e. The van der Waals surface area contributed by atoms with Crippen LogP contribution in [0.25, 0.3) is 11.1 Å². The highest BCUT2D eigenvalue weighted by Gasteiger charge is 2.57. The molecule has 2 aliphatic carbocycles. The summed E-state index contributed by atoms with van der Waals surface area (Å²) in [7, 11) is 1.91. The summed E-state index contributed by atoms with van der Waals surface area (Å²) in [5, 5.41) is 30.7. The Bertz CT molecular complexity index is 2090. The largest absolute Gasteiger partial charge is 0.481 e. The van der Waals surface area contributed by atoms with E-state index in [-0.39, 0.29) is 22.9 Å². The summed E-state index contributed by atoms with van der Waals surface area (Å²) in [6.07, 6.45) is 7.13. The van der Waals surface area contributed by atoms with Crippen molar-refractivity contribution in [3.05, 3.63) is 82.2 Å². The lowest BCUT2D eigenvalue weighted by molar-refractivity contribution is -0.148. The van der Waals surface area contributed by atoms with Crippen molar-refractivity contribution < 1.29 is 24.6 Å². The average Bonchev–Trinajstić information content (AvgIpc) is 3.91. The topological polar surface area (TPSA) is 155 Å². The van der Waals surface area contributed by atoms with Crippen molar-refractivity contribution in [3.63, 3.8) is 0 Å². The number of imidazole rings is 1. The van der Waals surface area contributed by atoms with Gasteiger partial charge in [0.05, 0.1) is 22.9 Å². The molecule has 4 heterocycles. The van der Waals surface area contributed by atoms with Gasteiger partial charge in [0.15, 0.2) is 11.5 Å². The van der Waals surface area contributed by atoms with Gasteiger partial charge in [0.1, 0.15) is 0 Å². The predicted octanol–water partition coefficient (Wildman–Crippen LogP) is 6.02. The second-order valence-electron chi connectivity index (χ2n) is 15.6. The van der Waals surface area contributed by atoms with Crippen molar-refractivity contribution in [2.75, 3.05) is 23.7 Å². The van der Waals surface area contributed by atoms with Gasteiger partial charge in [-0.15, -0.1) is 0 Å². The quantitative estimate of drug-likeness (QED) is 0.165. The van der Waals surface area contributed by atoms with Crippen LogP contribution in [0.4, 0.5) is 11.4 Å². The molecule has 0 radical (unpaired) electrons. The Morgan fingerprint density at radius 1 is 0.942 bits per heavy atom. The van der Waals surface area contributed by atoms with Crippen LogP contribution in [0.3, 0.4) is 0 Å². The summed E-state index contributed by atoms with van der Waals surface area (Å²) in [5.41, 5.74) is 7.61. The molecule has 272 valence electrons. The van der Waals surface area contributed by atoms with Crippen LogP contribution in [-0.2, 0) is 31.4 Å². The summed E-state index contributed by atoms with van der Waals surface area (Å²) < 4.78 is 3.63. The van der Waals surface area contributed by atoms with Crippen LogP contribution in [-0.4, -0.2) is 65.3 Å². The molecule has 12 nitrogen and oxygen atoms in total. The van der Waals surface area contributed by atoms with Crippen molar-refractivity contribution in [1.82, 2.24) is 24.2 Å². The van der Waals surface area contributed by atoms with Crippen LogP contribution in [0, 0.1) is 24.7 Å². The number of hydrogen-bond acceptors (Lipinski definition) is 7. The third kappa shape index (κ3) is 5.91. The van der Waals surface area contributed by atoms with E-state index in [9.17, 15) is 24.6 Å². The zero-order valence-electron chi connectivity index (χ0n) is 30.2. The first-order valence-electron chi connectivity index (χ1n) is 18.5. The molecule has 1 unspecified atom stereocenters. The minimum atomic E-state index is -0.617. The Morgan fingerprint density at radius 2 is 1.62 bits per heavy atom. The molecule has 52 heavy (non-hydrogen) atoms. The van der Waals surface area contributed by atoms with Crippen molar-refractivity contribution in [2.45, 2.75) is 90.8 Å². The number of carbonyl (C=O) groups is 3. The molecule has 4 N–H and O–H groups in total. The Kier molecular flexibility index (Phi) is 8.57. The lowest BCUT2D eigenvalue weighted by Crippen LogP contribution is -2.34. The van der Waals surface area contributed by atoms with Gasteiger partial charge < -0.3 is 25.4 Å². The highest BCUT2D eigenvalue weighted by Crippen LogP contribution is 2.63. The van der Waals surface area contributed by atoms with Gasteiger partial charge in [0, 0.05) is 50.2 Å². The SMILES string of the molecule is Cc1c(NC(=O)c2cc3n(n2)CCCC3O)cccc1-c1cccc(NC(=O)c2nc3c(n2C)CCN(CCC24CCC(C(=O)O)(CC2)C4)C3)c1C. The van der Waals surface area contributed by atoms with Gasteiger partial charge in [0.2, 0.25) is 0 Å². The summed E-state index contributed by atoms with van der Waals surface area (Å²) in [6.45, 7) is 7.11. The Balaban J connectivity index is 0.946. The number of anilines is 2. The Morgan fingerprint density at radius 3 is 2.25 bits per heavy atom. The molecule has 1 atom stereocenters. The number of nitrogens with zero attached hydrogens (tertiary/aromatic N) is 5. The summed E-state index contributed by atoms with van der Waals surface area (Å²) in [6, 6.07) is 13.3. The second kappa shape index (κ2) is 13.0. The molecule has 8 rings (SSSR count). The molecule has 2 saturated carbocycles. The summed E-state index contributed by atoms with van der Waals surface area (Å²) in [4.78, 5) is 46.2. The number of carboxylic acid groups (broad SMARTS) is 1. The van der Waals surface area contributed by atoms with Crippen molar-refractivity contribution in [3.8, 4) is 11.1 Å². The molecule has 12 heteroatoms. The number of aliphatic carboxylic acids is 1. The zero-order valence-corrected chi connectivity index (χ0v) is 30.2. The number of aliphatic hydroxyl groups excluding tert-OH is 1. The van der Waals surface area contributed by atoms with Gasteiger partial charge in [-0.05, 0) is 118 Å². The second-order valence-corrected chi connectivity index (χ2v) is 15.6. The van der Waals surface area contributed by atoms with Gasteiger partial charge in [-0.3, -0.25) is 24.0 Å². The van der Waals surface area contributed by atoms with Gasteiger partial charge in [0.25, 0.3) is 11.8 Å². The van der Waals surface area contributed by atoms with Crippen LogP contribution in [0.15, 0.2) is 42.5 Å². The van der Waals surface area contributed by atoms with E-state index >= 15 is 0 Å². The van der Waals surface area contributed by atoms with E-state index in [0.717, 1.165) is 98.1 Å². The number of fused-ring (bicyclic) bond motifs is 4. The zero-order chi connectivity index (χ0) is 36.4. The molecule has 4 aromatic rings. The highest BCUT2D eigenvalue weighted by molar-refractivity contribution is 6.05. The maximum Gasteiger partial charge on any atom is 0.309 e. The number of rotatable bonds is 9. The van der Waals surface area contributed by atoms with E-state index in [0.29, 0.717) is 42.4 Å². The number of carbonyl (C=O) groups excluding carboxylic acids is 2. The maximum atomic E-state index is 13.7. The molecule has 0 spiro atoms. The minimum absolute atomic E-state index is 0.152. The number of nitrogens with one attached hydrogen (secondary N) is 2. The first-order valence-corrected chi connectivity index (χ1v) is 18.5. The fraction of sp³-hybridized carbons (Fsp3) is 0.475. The lowest BCUT2D eigenvalue weighted by Gasteiger charge is -2.32. The average molecular weight is 706 g/mol. The monoisotopic (exact) mass is 705 g/mol. The first kappa shape index (κ1) is 34.3. The lowest BCUT2D eigenvalue weighted by atomic mass is 9.80. The summed E-state index contributed by atoms with van der Waals surface area (Å²) >= 11 is 0. The number of carboxylic acids is 1. The molecular formula is C40H47N7O5. The molecule has 0 saturated heterocycles. The molecule has 2 aromatic heterocycles. The van der Waals surface area contributed by atoms with E-state index in [1.54, 1.807) is 10.7 Å². The summed E-state index contributed by atoms with van der Waals surface area (Å²) in [5.74, 6) is -0.840. The normalized spacial score (nSPS) is 23.7. The standard InChI is InChI=1S/C40H47N7O5/c1-24-26(7-4-9-28(24)42-36(49)30-21-33-34(48)11-6-18-47(33)44-30)27-8-5-10-29(25(27)2)43-37(50)35-41-31-22-46(19-12-32(31)45(35)3)20-17-39-13-15-40(23-39,16-14-39)38(51)52/h4-5,7-10,21,34,48H,6,11-20,22-23H2,1-3H3,(H,42,49)(H,43,50)(H,51,52). The van der Waals surface area contributed by atoms with Crippen molar-refractivity contribution in [2.24, 2.45) is 17.9 Å². The number of hydrogen-bond donors (Lipinski definition) is 4. The third-order valence-corrected chi connectivity index (χ3v) is 12.6. The van der Waals surface area contributed by atoms with Gasteiger partial charge in [-0.25, -0.2) is 4.98 Å². The Hall–Kier alpha value is -4.81. The number of aromatic nitrogens is 4. The van der Waals surface area contributed by atoms with Crippen LogP contribution in [0.2, 0.25) is 0 Å². The number of amides is 2. The number of aliphatic hydroxyl groups is 1. The molecular weight excluding hydrogens is 658 g/mol. The van der Waals surface area contributed by atoms with Crippen molar-refractivity contribution in [1.29, 1.82) is 0 Å². The number of benzene rings is 2. The van der Waals surface area contributed by atoms with E-state index in [2.05, 4.69) is 20.6 Å². The van der Waals surface area contributed by atoms with Crippen LogP contribution < -0.4 is 10.6 Å². The molecule has 2 aromatic carbocycles. The number of aryl methyl sites for hydroxylation is 1. The van der Waals surface area contributed by atoms with Crippen molar-refractivity contribution >= 4 is 29.2 Å². The van der Waals surface area contributed by atoms with Gasteiger partial charge in [-0.2, -0.15) is 5.10 Å². The van der Waals surface area contributed by atoms with Gasteiger partial charge in [-0.1, -0.05) is 24.3 Å². The molecule has 2 amide bonds. The minimum Gasteiger partial charge on any atom is -0.481 e. The van der Waals surface area contributed by atoms with E-state index in [1.807, 2.05) is 61.9 Å². The molecule has 2 aliphatic heterocycles. The van der Waals surface area contributed by atoms with Gasteiger partial charge >= 0.3 is 5.97 Å². The molecule has 4 aliphatic rings. The van der Waals surface area contributed by atoms with E-state index in [1.165, 1.54) is 0 Å². The van der Waals surface area contributed by atoms with Crippen LogP contribution >= 0.6 is 0 Å². The Labute approximate surface area is 303 Å². The molecule has 2 fully saturated rings. The van der Waals surface area contributed by atoms with E-state index in [4.69, 9.17) is 4.98 Å².